The van der Waals surface area contributed by atoms with Gasteiger partial charge in [0.05, 0.1) is 5.41 Å². The summed E-state index contributed by atoms with van der Waals surface area (Å²) in [6.45, 7) is 9.52. The summed E-state index contributed by atoms with van der Waals surface area (Å²) in [5.74, 6) is 0.325. The van der Waals surface area contributed by atoms with Crippen LogP contribution in [0.3, 0.4) is 0 Å². The first-order chi connectivity index (χ1) is 13.8. The van der Waals surface area contributed by atoms with Crippen molar-refractivity contribution in [1.82, 2.24) is 14.7 Å². The van der Waals surface area contributed by atoms with Crippen molar-refractivity contribution >= 4 is 17.7 Å². The van der Waals surface area contributed by atoms with Crippen molar-refractivity contribution in [3.8, 4) is 0 Å². The molecule has 6 heteroatoms. The second-order valence-corrected chi connectivity index (χ2v) is 8.98. The van der Waals surface area contributed by atoms with E-state index >= 15 is 0 Å². The van der Waals surface area contributed by atoms with Crippen LogP contribution in [0.15, 0.2) is 24.3 Å². The molecule has 3 aliphatic rings. The predicted molar refractivity (Wildman–Crippen MR) is 110 cm³/mol. The summed E-state index contributed by atoms with van der Waals surface area (Å²) in [7, 11) is 0. The Hall–Kier alpha value is -2.37. The van der Waals surface area contributed by atoms with Crippen molar-refractivity contribution in [3.63, 3.8) is 0 Å². The van der Waals surface area contributed by atoms with E-state index in [9.17, 15) is 14.4 Å². The van der Waals surface area contributed by atoms with Gasteiger partial charge < -0.3 is 14.7 Å². The molecule has 3 saturated heterocycles. The molecule has 2 spiro atoms. The zero-order chi connectivity index (χ0) is 20.8. The first-order valence-corrected chi connectivity index (χ1v) is 10.7. The minimum absolute atomic E-state index is 0.0439. The Balaban J connectivity index is 1.58. The van der Waals surface area contributed by atoms with E-state index in [2.05, 4.69) is 0 Å². The fourth-order valence-corrected chi connectivity index (χ4v) is 5.82. The quantitative estimate of drug-likeness (QED) is 0.769. The third-order valence-corrected chi connectivity index (χ3v) is 7.68. The van der Waals surface area contributed by atoms with Crippen molar-refractivity contribution in [3.05, 3.63) is 35.4 Å². The highest BCUT2D eigenvalue weighted by Gasteiger charge is 2.65. The van der Waals surface area contributed by atoms with Crippen LogP contribution < -0.4 is 0 Å². The number of piperidine rings is 1. The van der Waals surface area contributed by atoms with Crippen LogP contribution in [0.1, 0.15) is 49.0 Å². The maximum absolute atomic E-state index is 13.4. The van der Waals surface area contributed by atoms with E-state index < -0.39 is 5.41 Å². The smallest absolute Gasteiger partial charge is 0.254 e. The fraction of sp³-hybridized carbons (Fsp3) is 0.609. The monoisotopic (exact) mass is 397 g/mol. The molecule has 1 aromatic rings. The minimum atomic E-state index is -0.480. The van der Waals surface area contributed by atoms with Crippen molar-refractivity contribution in [1.29, 1.82) is 0 Å². The summed E-state index contributed by atoms with van der Waals surface area (Å²) in [5.41, 5.74) is 1.04. The Kier molecular flexibility index (Phi) is 4.91. The molecule has 29 heavy (non-hydrogen) atoms. The van der Waals surface area contributed by atoms with E-state index in [0.29, 0.717) is 32.7 Å². The van der Waals surface area contributed by atoms with Gasteiger partial charge in [0, 0.05) is 57.2 Å². The first kappa shape index (κ1) is 19.9. The van der Waals surface area contributed by atoms with E-state index in [1.165, 1.54) is 0 Å². The van der Waals surface area contributed by atoms with Gasteiger partial charge in [-0.25, -0.2) is 0 Å². The molecule has 0 N–H and O–H groups in total. The normalized spacial score (nSPS) is 26.0. The van der Waals surface area contributed by atoms with Crippen LogP contribution in [0.2, 0.25) is 0 Å². The number of likely N-dealkylation sites (tertiary alicyclic amines) is 3. The number of carbonyl (C=O) groups is 3. The molecular weight excluding hydrogens is 366 g/mol. The second-order valence-electron chi connectivity index (χ2n) is 8.98. The topological polar surface area (TPSA) is 60.9 Å². The van der Waals surface area contributed by atoms with Gasteiger partial charge in [-0.05, 0) is 44.7 Å². The number of aryl methyl sites for hydroxylation is 1. The maximum atomic E-state index is 13.4. The van der Waals surface area contributed by atoms with E-state index in [-0.39, 0.29) is 23.1 Å². The molecule has 0 aliphatic carbocycles. The van der Waals surface area contributed by atoms with Crippen LogP contribution >= 0.6 is 0 Å². The molecule has 3 heterocycles. The molecule has 4 rings (SSSR count). The molecule has 0 unspecified atom stereocenters. The number of hydrogen-bond acceptors (Lipinski definition) is 3. The van der Waals surface area contributed by atoms with Crippen molar-refractivity contribution in [2.45, 2.75) is 40.0 Å². The molecular formula is C23H31N3O3. The summed E-state index contributed by atoms with van der Waals surface area (Å²) < 4.78 is 0. The molecule has 3 aliphatic heterocycles. The highest BCUT2D eigenvalue weighted by atomic mass is 16.2. The molecule has 0 aromatic heterocycles. The Morgan fingerprint density at radius 2 is 1.69 bits per heavy atom. The Morgan fingerprint density at radius 3 is 2.28 bits per heavy atom. The van der Waals surface area contributed by atoms with Gasteiger partial charge in [0.2, 0.25) is 11.8 Å². The number of hydrogen-bond donors (Lipinski definition) is 0. The highest BCUT2D eigenvalue weighted by Crippen LogP contribution is 2.57. The number of carbonyl (C=O) groups excluding carboxylic acids is 3. The highest BCUT2D eigenvalue weighted by molar-refractivity contribution is 5.95. The molecule has 0 saturated carbocycles. The van der Waals surface area contributed by atoms with Crippen molar-refractivity contribution in [2.24, 2.45) is 10.8 Å². The van der Waals surface area contributed by atoms with Crippen LogP contribution in [0.4, 0.5) is 0 Å². The number of benzene rings is 1. The van der Waals surface area contributed by atoms with Gasteiger partial charge >= 0.3 is 0 Å². The van der Waals surface area contributed by atoms with E-state index in [4.69, 9.17) is 0 Å². The van der Waals surface area contributed by atoms with Gasteiger partial charge in [0.1, 0.15) is 0 Å². The van der Waals surface area contributed by atoms with Crippen molar-refractivity contribution < 1.29 is 14.4 Å². The Bertz CT molecular complexity index is 844. The van der Waals surface area contributed by atoms with E-state index in [1.54, 1.807) is 6.92 Å². The molecule has 0 radical (unpaired) electrons. The lowest BCUT2D eigenvalue weighted by Crippen LogP contribution is -2.53. The third-order valence-electron chi connectivity index (χ3n) is 7.68. The summed E-state index contributed by atoms with van der Waals surface area (Å²) >= 11 is 0. The largest absolute Gasteiger partial charge is 0.342 e. The first-order valence-electron chi connectivity index (χ1n) is 10.7. The van der Waals surface area contributed by atoms with E-state index in [1.807, 2.05) is 52.8 Å². The lowest BCUT2D eigenvalue weighted by Gasteiger charge is -2.46. The van der Waals surface area contributed by atoms with Crippen molar-refractivity contribution in [2.75, 3.05) is 39.3 Å². The van der Waals surface area contributed by atoms with Gasteiger partial charge in [0.25, 0.3) is 5.91 Å². The number of fused-ring (bicyclic) bond motifs is 1. The second kappa shape index (κ2) is 7.15. The lowest BCUT2D eigenvalue weighted by molar-refractivity contribution is -0.141. The molecule has 156 valence electrons. The standard InChI is InChI=1S/C23H31N3O3/c1-4-24-14-11-23(21(24)29)16-26(18(3)27)15-22(23)9-12-25(13-10-22)20(28)19-8-6-5-7-17(19)2/h5-8H,4,9-16H2,1-3H3/t23-/m0/s1. The van der Waals surface area contributed by atoms with Gasteiger partial charge in [-0.2, -0.15) is 0 Å². The van der Waals surface area contributed by atoms with Gasteiger partial charge in [0.15, 0.2) is 0 Å². The van der Waals surface area contributed by atoms with Gasteiger partial charge in [-0.3, -0.25) is 14.4 Å². The average Bonchev–Trinajstić information content (AvgIpc) is 3.21. The van der Waals surface area contributed by atoms with Crippen LogP contribution in [0.25, 0.3) is 0 Å². The SMILES string of the molecule is CCN1CC[C@]2(CN(C(C)=O)CC23CCN(C(=O)c2ccccc2C)CC3)C1=O. The van der Waals surface area contributed by atoms with Crippen LogP contribution in [-0.4, -0.2) is 71.7 Å². The van der Waals surface area contributed by atoms with Crippen LogP contribution in [0, 0.1) is 17.8 Å². The minimum Gasteiger partial charge on any atom is -0.342 e. The van der Waals surface area contributed by atoms with Gasteiger partial charge in [-0.1, -0.05) is 18.2 Å². The molecule has 3 amide bonds. The summed E-state index contributed by atoms with van der Waals surface area (Å²) in [6.07, 6.45) is 2.37. The van der Waals surface area contributed by atoms with Crippen LogP contribution in [0.5, 0.6) is 0 Å². The fourth-order valence-electron chi connectivity index (χ4n) is 5.82. The summed E-state index contributed by atoms with van der Waals surface area (Å²) in [6, 6.07) is 7.70. The predicted octanol–water partition coefficient (Wildman–Crippen LogP) is 2.32. The maximum Gasteiger partial charge on any atom is 0.254 e. The number of amides is 3. The molecule has 3 fully saturated rings. The van der Waals surface area contributed by atoms with E-state index in [0.717, 1.165) is 36.9 Å². The van der Waals surface area contributed by atoms with Crippen LogP contribution in [-0.2, 0) is 9.59 Å². The molecule has 6 nitrogen and oxygen atoms in total. The number of rotatable bonds is 2. The Morgan fingerprint density at radius 1 is 1.00 bits per heavy atom. The summed E-state index contributed by atoms with van der Waals surface area (Å²) in [4.78, 5) is 44.4. The zero-order valence-electron chi connectivity index (χ0n) is 17.7. The zero-order valence-corrected chi connectivity index (χ0v) is 17.7. The molecule has 1 atom stereocenters. The lowest BCUT2D eigenvalue weighted by atomic mass is 9.60. The third kappa shape index (κ3) is 2.95. The Labute approximate surface area is 172 Å². The average molecular weight is 398 g/mol. The molecule has 1 aromatic carbocycles. The number of nitrogens with zero attached hydrogens (tertiary/aromatic N) is 3. The molecule has 0 bridgehead atoms. The summed E-state index contributed by atoms with van der Waals surface area (Å²) in [5, 5.41) is 0. The van der Waals surface area contributed by atoms with Gasteiger partial charge in [-0.15, -0.1) is 0 Å².